The van der Waals surface area contributed by atoms with Crippen molar-refractivity contribution in [3.05, 3.63) is 35.1 Å². The van der Waals surface area contributed by atoms with Gasteiger partial charge in [0.1, 0.15) is 5.82 Å². The molecule has 0 saturated carbocycles. The largest absolute Gasteiger partial charge is 0.311 e. The average Bonchev–Trinajstić information content (AvgIpc) is 2.47. The second-order valence-electron chi connectivity index (χ2n) is 5.46. The summed E-state index contributed by atoms with van der Waals surface area (Å²) in [6, 6.07) is 5.55. The fraction of sp³-hybridized carbons (Fsp3) is 0.600. The summed E-state index contributed by atoms with van der Waals surface area (Å²) >= 11 is 0. The summed E-state index contributed by atoms with van der Waals surface area (Å²) in [7, 11) is 0. The van der Waals surface area contributed by atoms with Gasteiger partial charge < -0.3 is 10.2 Å². The molecule has 0 bridgehead atoms. The summed E-state index contributed by atoms with van der Waals surface area (Å²) in [6.07, 6.45) is 0. The van der Waals surface area contributed by atoms with Crippen molar-refractivity contribution in [2.45, 2.75) is 19.5 Å². The van der Waals surface area contributed by atoms with Crippen LogP contribution in [0.3, 0.4) is 0 Å². The van der Waals surface area contributed by atoms with Crippen molar-refractivity contribution in [1.82, 2.24) is 15.1 Å². The number of rotatable bonds is 2. The Hall–Kier alpha value is -0.970. The third kappa shape index (κ3) is 2.66. The smallest absolute Gasteiger partial charge is 0.123 e. The van der Waals surface area contributed by atoms with E-state index in [1.54, 1.807) is 12.1 Å². The molecule has 104 valence electrons. The molecule has 1 N–H and O–H groups in total. The second-order valence-corrected chi connectivity index (χ2v) is 5.46. The molecule has 0 radical (unpaired) electrons. The molecule has 1 aromatic rings. The van der Waals surface area contributed by atoms with Crippen molar-refractivity contribution in [2.24, 2.45) is 0 Å². The van der Waals surface area contributed by atoms with E-state index < -0.39 is 0 Å². The van der Waals surface area contributed by atoms with Gasteiger partial charge in [0.15, 0.2) is 0 Å². The normalized spacial score (nSPS) is 25.3. The highest BCUT2D eigenvalue weighted by atomic mass is 19.1. The Bertz CT molecular complexity index is 441. The van der Waals surface area contributed by atoms with Crippen molar-refractivity contribution >= 4 is 0 Å². The summed E-state index contributed by atoms with van der Waals surface area (Å²) in [6.45, 7) is 9.54. The molecule has 0 unspecified atom stereocenters. The third-order valence-corrected chi connectivity index (χ3v) is 4.41. The van der Waals surface area contributed by atoms with Crippen molar-refractivity contribution in [3.8, 4) is 0 Å². The van der Waals surface area contributed by atoms with Gasteiger partial charge in [-0.05, 0) is 29.8 Å². The van der Waals surface area contributed by atoms with E-state index in [2.05, 4.69) is 22.0 Å². The molecule has 1 aromatic carbocycles. The molecule has 1 fully saturated rings. The number of piperazine rings is 1. The van der Waals surface area contributed by atoms with Gasteiger partial charge in [-0.15, -0.1) is 0 Å². The van der Waals surface area contributed by atoms with Crippen molar-refractivity contribution in [1.29, 1.82) is 0 Å². The Morgan fingerprint density at radius 3 is 2.79 bits per heavy atom. The average molecular weight is 263 g/mol. The van der Waals surface area contributed by atoms with E-state index in [0.29, 0.717) is 6.04 Å². The van der Waals surface area contributed by atoms with E-state index >= 15 is 0 Å². The number of nitrogens with zero attached hydrogens (tertiary/aromatic N) is 2. The Kier molecular flexibility index (Phi) is 3.82. The quantitative estimate of drug-likeness (QED) is 0.874. The van der Waals surface area contributed by atoms with E-state index in [1.165, 1.54) is 11.1 Å². The Balaban J connectivity index is 1.78. The Morgan fingerprint density at radius 1 is 1.26 bits per heavy atom. The van der Waals surface area contributed by atoms with Gasteiger partial charge in [0, 0.05) is 45.3 Å². The van der Waals surface area contributed by atoms with E-state index in [0.717, 1.165) is 45.8 Å². The molecule has 0 spiro atoms. The standard InChI is InChI=1S/C15H22FN3/c1-2-18-5-7-19(8-6-18)15-11-17-10-12-3-4-13(16)9-14(12)15/h3-4,9,15,17H,2,5-8,10-11H2,1H3/t15-/m1/s1. The molecule has 2 aliphatic heterocycles. The van der Waals surface area contributed by atoms with Crippen molar-refractivity contribution in [2.75, 3.05) is 39.3 Å². The minimum absolute atomic E-state index is 0.113. The molecule has 0 aromatic heterocycles. The van der Waals surface area contributed by atoms with Crippen LogP contribution in [-0.2, 0) is 6.54 Å². The first-order valence-corrected chi connectivity index (χ1v) is 7.23. The van der Waals surface area contributed by atoms with Crippen LogP contribution in [0.2, 0.25) is 0 Å². The number of benzene rings is 1. The SMILES string of the molecule is CCN1CCN([C@@H]2CNCc3ccc(F)cc32)CC1. The second kappa shape index (κ2) is 5.57. The van der Waals surface area contributed by atoms with Crippen LogP contribution in [0.1, 0.15) is 24.1 Å². The molecule has 3 rings (SSSR count). The van der Waals surface area contributed by atoms with Gasteiger partial charge in [0.05, 0.1) is 0 Å². The maximum atomic E-state index is 13.5. The number of fused-ring (bicyclic) bond motifs is 1. The zero-order chi connectivity index (χ0) is 13.2. The molecular formula is C15H22FN3. The van der Waals surface area contributed by atoms with Crippen molar-refractivity contribution in [3.63, 3.8) is 0 Å². The van der Waals surface area contributed by atoms with E-state index in [9.17, 15) is 4.39 Å². The monoisotopic (exact) mass is 263 g/mol. The van der Waals surface area contributed by atoms with Gasteiger partial charge in [-0.2, -0.15) is 0 Å². The van der Waals surface area contributed by atoms with Crippen LogP contribution in [0, 0.1) is 5.82 Å². The van der Waals surface area contributed by atoms with Gasteiger partial charge in [-0.25, -0.2) is 4.39 Å². The predicted octanol–water partition coefficient (Wildman–Crippen LogP) is 1.61. The fourth-order valence-electron chi connectivity index (χ4n) is 3.21. The molecule has 1 saturated heterocycles. The van der Waals surface area contributed by atoms with Crippen LogP contribution in [0.25, 0.3) is 0 Å². The number of halogens is 1. The first-order valence-electron chi connectivity index (χ1n) is 7.23. The molecular weight excluding hydrogens is 241 g/mol. The van der Waals surface area contributed by atoms with Gasteiger partial charge in [-0.3, -0.25) is 4.90 Å². The number of likely N-dealkylation sites (N-methyl/N-ethyl adjacent to an activating group) is 1. The van der Waals surface area contributed by atoms with E-state index in [4.69, 9.17) is 0 Å². The highest BCUT2D eigenvalue weighted by Gasteiger charge is 2.28. The maximum Gasteiger partial charge on any atom is 0.123 e. The summed E-state index contributed by atoms with van der Waals surface area (Å²) in [4.78, 5) is 4.97. The molecule has 0 amide bonds. The van der Waals surface area contributed by atoms with Crippen LogP contribution in [-0.4, -0.2) is 49.1 Å². The van der Waals surface area contributed by atoms with Crippen LogP contribution in [0.5, 0.6) is 0 Å². The highest BCUT2D eigenvalue weighted by molar-refractivity contribution is 5.33. The van der Waals surface area contributed by atoms with Crippen LogP contribution < -0.4 is 5.32 Å². The van der Waals surface area contributed by atoms with Gasteiger partial charge in [0.25, 0.3) is 0 Å². The zero-order valence-corrected chi connectivity index (χ0v) is 11.5. The summed E-state index contributed by atoms with van der Waals surface area (Å²) < 4.78 is 13.5. The first-order chi connectivity index (χ1) is 9.28. The van der Waals surface area contributed by atoms with Gasteiger partial charge in [-0.1, -0.05) is 13.0 Å². The van der Waals surface area contributed by atoms with Crippen molar-refractivity contribution < 1.29 is 4.39 Å². The minimum Gasteiger partial charge on any atom is -0.311 e. The zero-order valence-electron chi connectivity index (χ0n) is 11.5. The molecule has 2 aliphatic rings. The van der Waals surface area contributed by atoms with Gasteiger partial charge in [0.2, 0.25) is 0 Å². The molecule has 19 heavy (non-hydrogen) atoms. The number of hydrogen-bond acceptors (Lipinski definition) is 3. The topological polar surface area (TPSA) is 18.5 Å². The summed E-state index contributed by atoms with van der Waals surface area (Å²) in [5.41, 5.74) is 2.43. The first kappa shape index (κ1) is 13.0. The highest BCUT2D eigenvalue weighted by Crippen LogP contribution is 2.28. The lowest BCUT2D eigenvalue weighted by Gasteiger charge is -2.41. The van der Waals surface area contributed by atoms with Gasteiger partial charge >= 0.3 is 0 Å². The molecule has 1 atom stereocenters. The minimum atomic E-state index is -0.113. The lowest BCUT2D eigenvalue weighted by atomic mass is 9.95. The van der Waals surface area contributed by atoms with Crippen LogP contribution in [0.15, 0.2) is 18.2 Å². The molecule has 4 heteroatoms. The Labute approximate surface area is 114 Å². The number of nitrogens with one attached hydrogen (secondary N) is 1. The van der Waals surface area contributed by atoms with Crippen LogP contribution in [0.4, 0.5) is 4.39 Å². The fourth-order valence-corrected chi connectivity index (χ4v) is 3.21. The third-order valence-electron chi connectivity index (χ3n) is 4.41. The lowest BCUT2D eigenvalue weighted by molar-refractivity contribution is 0.0948. The van der Waals surface area contributed by atoms with E-state index in [1.807, 2.05) is 6.07 Å². The predicted molar refractivity (Wildman–Crippen MR) is 74.5 cm³/mol. The molecule has 0 aliphatic carbocycles. The summed E-state index contributed by atoms with van der Waals surface area (Å²) in [5, 5.41) is 3.46. The maximum absolute atomic E-state index is 13.5. The molecule has 2 heterocycles. The Morgan fingerprint density at radius 2 is 2.05 bits per heavy atom. The lowest BCUT2D eigenvalue weighted by Crippen LogP contribution is -2.50. The summed E-state index contributed by atoms with van der Waals surface area (Å²) in [5.74, 6) is -0.113. The van der Waals surface area contributed by atoms with E-state index in [-0.39, 0.29) is 5.82 Å². The molecule has 3 nitrogen and oxygen atoms in total. The number of hydrogen-bond donors (Lipinski definition) is 1. The van der Waals surface area contributed by atoms with Crippen LogP contribution >= 0.6 is 0 Å².